The molecular formula is C18H20N6O2. The number of aryl methyl sites for hydroxylation is 1. The lowest BCUT2D eigenvalue weighted by Crippen LogP contribution is -2.24. The van der Waals surface area contributed by atoms with E-state index >= 15 is 0 Å². The van der Waals surface area contributed by atoms with Gasteiger partial charge in [0.1, 0.15) is 23.7 Å². The molecular weight excluding hydrogens is 332 g/mol. The number of carbonyl (C=O) groups is 1. The molecule has 1 aliphatic carbocycles. The Morgan fingerprint density at radius 1 is 1.35 bits per heavy atom. The zero-order chi connectivity index (χ0) is 18.3. The maximum Gasteiger partial charge on any atom is 0.255 e. The predicted octanol–water partition coefficient (Wildman–Crippen LogP) is 2.40. The van der Waals surface area contributed by atoms with Crippen LogP contribution in [0, 0.1) is 6.92 Å². The summed E-state index contributed by atoms with van der Waals surface area (Å²) in [4.78, 5) is 25.3. The Kier molecular flexibility index (Phi) is 3.75. The molecule has 3 aromatic heterocycles. The first-order chi connectivity index (χ1) is 12.5. The van der Waals surface area contributed by atoms with Crippen LogP contribution in [0.15, 0.2) is 29.1 Å². The van der Waals surface area contributed by atoms with Crippen molar-refractivity contribution in [2.24, 2.45) is 0 Å². The van der Waals surface area contributed by atoms with Crippen LogP contribution in [0.2, 0.25) is 0 Å². The molecule has 8 nitrogen and oxygen atoms in total. The molecule has 134 valence electrons. The number of anilines is 2. The SMILES string of the molecule is Cc1oc2ncnc(NC3(C)CC3)c2c1C(=O)NCc1ccnc(N)c1. The van der Waals surface area contributed by atoms with Crippen molar-refractivity contribution >= 4 is 28.6 Å². The Morgan fingerprint density at radius 2 is 2.15 bits per heavy atom. The number of fused-ring (bicyclic) bond motifs is 1. The lowest BCUT2D eigenvalue weighted by atomic mass is 10.1. The summed E-state index contributed by atoms with van der Waals surface area (Å²) in [6.45, 7) is 4.22. The van der Waals surface area contributed by atoms with E-state index in [4.69, 9.17) is 10.2 Å². The Labute approximate surface area is 150 Å². The van der Waals surface area contributed by atoms with E-state index in [1.807, 2.05) is 0 Å². The molecule has 1 amide bonds. The van der Waals surface area contributed by atoms with Crippen molar-refractivity contribution in [3.05, 3.63) is 41.5 Å². The van der Waals surface area contributed by atoms with E-state index in [0.29, 0.717) is 40.6 Å². The summed E-state index contributed by atoms with van der Waals surface area (Å²) >= 11 is 0. The van der Waals surface area contributed by atoms with Gasteiger partial charge in [0.05, 0.1) is 10.9 Å². The standard InChI is InChI=1S/C18H20N6O2/c1-10-13(16(25)21-8-11-3-6-20-12(19)7-11)14-15(24-18(2)4-5-18)22-9-23-17(14)26-10/h3,6-7,9H,4-5,8H2,1-2H3,(H2,19,20)(H,21,25)(H,22,23,24). The van der Waals surface area contributed by atoms with Gasteiger partial charge in [0, 0.05) is 18.3 Å². The van der Waals surface area contributed by atoms with Gasteiger partial charge in [0.25, 0.3) is 5.91 Å². The van der Waals surface area contributed by atoms with Crippen LogP contribution < -0.4 is 16.4 Å². The lowest BCUT2D eigenvalue weighted by molar-refractivity contribution is 0.0951. The molecule has 1 saturated carbocycles. The van der Waals surface area contributed by atoms with Crippen molar-refractivity contribution < 1.29 is 9.21 Å². The Balaban J connectivity index is 1.64. The van der Waals surface area contributed by atoms with Gasteiger partial charge in [-0.25, -0.2) is 15.0 Å². The largest absolute Gasteiger partial charge is 0.442 e. The molecule has 0 saturated heterocycles. The number of nitrogens with two attached hydrogens (primary N) is 1. The van der Waals surface area contributed by atoms with E-state index in [2.05, 4.69) is 32.5 Å². The number of hydrogen-bond acceptors (Lipinski definition) is 7. The lowest BCUT2D eigenvalue weighted by Gasteiger charge is -2.13. The Bertz CT molecular complexity index is 993. The summed E-state index contributed by atoms with van der Waals surface area (Å²) in [5.74, 6) is 1.32. The molecule has 0 atom stereocenters. The van der Waals surface area contributed by atoms with Gasteiger partial charge < -0.3 is 20.8 Å². The zero-order valence-electron chi connectivity index (χ0n) is 14.7. The molecule has 1 aliphatic rings. The predicted molar refractivity (Wildman–Crippen MR) is 97.6 cm³/mol. The minimum atomic E-state index is -0.240. The number of amides is 1. The van der Waals surface area contributed by atoms with Crippen molar-refractivity contribution in [1.82, 2.24) is 20.3 Å². The molecule has 0 radical (unpaired) electrons. The van der Waals surface area contributed by atoms with E-state index in [-0.39, 0.29) is 11.4 Å². The highest BCUT2D eigenvalue weighted by atomic mass is 16.3. The quantitative estimate of drug-likeness (QED) is 0.645. The van der Waals surface area contributed by atoms with Gasteiger partial charge in [-0.05, 0) is 44.4 Å². The van der Waals surface area contributed by atoms with Crippen molar-refractivity contribution in [3.63, 3.8) is 0 Å². The number of rotatable bonds is 5. The molecule has 3 aromatic rings. The number of furan rings is 1. The molecule has 3 heterocycles. The fourth-order valence-corrected chi connectivity index (χ4v) is 2.89. The van der Waals surface area contributed by atoms with Crippen molar-refractivity contribution in [2.75, 3.05) is 11.1 Å². The number of nitrogens with zero attached hydrogens (tertiary/aromatic N) is 3. The molecule has 1 fully saturated rings. The van der Waals surface area contributed by atoms with Crippen LogP contribution in [-0.4, -0.2) is 26.4 Å². The van der Waals surface area contributed by atoms with Gasteiger partial charge in [0.2, 0.25) is 5.71 Å². The van der Waals surface area contributed by atoms with Crippen molar-refractivity contribution in [3.8, 4) is 0 Å². The molecule has 0 aliphatic heterocycles. The zero-order valence-corrected chi connectivity index (χ0v) is 14.7. The van der Waals surface area contributed by atoms with Crippen LogP contribution in [0.3, 0.4) is 0 Å². The number of aromatic nitrogens is 3. The average Bonchev–Trinajstić information content (AvgIpc) is 3.21. The van der Waals surface area contributed by atoms with Crippen molar-refractivity contribution in [1.29, 1.82) is 0 Å². The van der Waals surface area contributed by atoms with Gasteiger partial charge in [-0.3, -0.25) is 4.79 Å². The van der Waals surface area contributed by atoms with Gasteiger partial charge in [-0.2, -0.15) is 0 Å². The summed E-state index contributed by atoms with van der Waals surface area (Å²) in [6.07, 6.45) is 5.20. The molecule has 4 rings (SSSR count). The molecule has 0 aromatic carbocycles. The number of nitrogen functional groups attached to an aromatic ring is 1. The van der Waals surface area contributed by atoms with Gasteiger partial charge in [-0.15, -0.1) is 0 Å². The fourth-order valence-electron chi connectivity index (χ4n) is 2.89. The molecule has 0 unspecified atom stereocenters. The highest BCUT2D eigenvalue weighted by Crippen LogP contribution is 2.40. The van der Waals surface area contributed by atoms with E-state index in [1.165, 1.54) is 6.33 Å². The number of hydrogen-bond donors (Lipinski definition) is 3. The molecule has 8 heteroatoms. The topological polar surface area (TPSA) is 119 Å². The van der Waals surface area contributed by atoms with Crippen LogP contribution >= 0.6 is 0 Å². The third-order valence-corrected chi connectivity index (χ3v) is 4.61. The van der Waals surface area contributed by atoms with Gasteiger partial charge >= 0.3 is 0 Å². The Hall–Kier alpha value is -3.16. The summed E-state index contributed by atoms with van der Waals surface area (Å²) in [5.41, 5.74) is 7.43. The highest BCUT2D eigenvalue weighted by molar-refractivity contribution is 6.10. The van der Waals surface area contributed by atoms with Crippen molar-refractivity contribution in [2.45, 2.75) is 38.8 Å². The van der Waals surface area contributed by atoms with Crippen LogP contribution in [0.4, 0.5) is 11.6 Å². The maximum absolute atomic E-state index is 12.8. The van der Waals surface area contributed by atoms with Gasteiger partial charge in [-0.1, -0.05) is 0 Å². The maximum atomic E-state index is 12.8. The second kappa shape index (κ2) is 5.98. The average molecular weight is 352 g/mol. The molecule has 26 heavy (non-hydrogen) atoms. The normalized spacial score (nSPS) is 15.0. The smallest absolute Gasteiger partial charge is 0.255 e. The monoisotopic (exact) mass is 352 g/mol. The third kappa shape index (κ3) is 3.05. The molecule has 0 spiro atoms. The molecule has 0 bridgehead atoms. The summed E-state index contributed by atoms with van der Waals surface area (Å²) in [7, 11) is 0. The second-order valence-electron chi connectivity index (χ2n) is 6.89. The van der Waals surface area contributed by atoms with Crippen LogP contribution in [0.5, 0.6) is 0 Å². The first-order valence-corrected chi connectivity index (χ1v) is 8.46. The molecule has 4 N–H and O–H groups in total. The highest BCUT2D eigenvalue weighted by Gasteiger charge is 2.38. The minimum Gasteiger partial charge on any atom is -0.442 e. The van der Waals surface area contributed by atoms with Crippen LogP contribution in [0.25, 0.3) is 11.1 Å². The third-order valence-electron chi connectivity index (χ3n) is 4.61. The first-order valence-electron chi connectivity index (χ1n) is 8.46. The minimum absolute atomic E-state index is 0.0226. The van der Waals surface area contributed by atoms with Crippen LogP contribution in [0.1, 0.15) is 41.4 Å². The number of pyridine rings is 1. The first kappa shape index (κ1) is 16.3. The second-order valence-corrected chi connectivity index (χ2v) is 6.89. The summed E-state index contributed by atoms with van der Waals surface area (Å²) in [6, 6.07) is 3.53. The van der Waals surface area contributed by atoms with Gasteiger partial charge in [0.15, 0.2) is 0 Å². The number of carbonyl (C=O) groups excluding carboxylic acids is 1. The number of nitrogens with one attached hydrogen (secondary N) is 2. The van der Waals surface area contributed by atoms with E-state index < -0.39 is 0 Å². The van der Waals surface area contributed by atoms with E-state index in [1.54, 1.807) is 25.3 Å². The van der Waals surface area contributed by atoms with Crippen LogP contribution in [-0.2, 0) is 6.54 Å². The fraction of sp³-hybridized carbons (Fsp3) is 0.333. The summed E-state index contributed by atoms with van der Waals surface area (Å²) < 4.78 is 5.68. The van der Waals surface area contributed by atoms with E-state index in [9.17, 15) is 4.79 Å². The Morgan fingerprint density at radius 3 is 2.88 bits per heavy atom. The van der Waals surface area contributed by atoms with E-state index in [0.717, 1.165) is 18.4 Å². The summed E-state index contributed by atoms with van der Waals surface area (Å²) in [5, 5.41) is 6.93.